The van der Waals surface area contributed by atoms with Crippen LogP contribution in [0, 0.1) is 6.20 Å². The van der Waals surface area contributed by atoms with Crippen LogP contribution in [-0.2, 0) is 0 Å². The normalized spacial score (nSPS) is 10.6. The van der Waals surface area contributed by atoms with E-state index in [1.54, 1.807) is 24.8 Å². The smallest absolute Gasteiger partial charge is 0.145 e. The predicted octanol–water partition coefficient (Wildman–Crippen LogP) is 2.19. The van der Waals surface area contributed by atoms with Crippen molar-refractivity contribution in [1.29, 1.82) is 0 Å². The van der Waals surface area contributed by atoms with Gasteiger partial charge in [0.1, 0.15) is 23.3 Å². The van der Waals surface area contributed by atoms with Gasteiger partial charge in [-0.25, -0.2) is 0 Å². The monoisotopic (exact) mass is 300 g/mol. The molecule has 4 rings (SSSR count). The lowest BCUT2D eigenvalue weighted by atomic mass is 10.0. The maximum atomic E-state index is 4.48. The fraction of sp³-hybridized carbons (Fsp3) is 0. The molecule has 0 amide bonds. The second-order valence-corrected chi connectivity index (χ2v) is 4.67. The van der Waals surface area contributed by atoms with Gasteiger partial charge in [-0.15, -0.1) is 5.10 Å². The largest absolute Gasteiger partial charge is 0.255 e. The van der Waals surface area contributed by atoms with Crippen LogP contribution in [0.15, 0.2) is 55.1 Å². The Hall–Kier alpha value is -3.48. The van der Waals surface area contributed by atoms with E-state index in [-0.39, 0.29) is 0 Å². The topological polar surface area (TPSA) is 93.1 Å². The molecule has 0 aliphatic heterocycles. The van der Waals surface area contributed by atoms with Gasteiger partial charge in [-0.2, -0.15) is 0 Å². The van der Waals surface area contributed by atoms with Crippen molar-refractivity contribution in [1.82, 2.24) is 35.3 Å². The van der Waals surface area contributed by atoms with Gasteiger partial charge in [-0.05, 0) is 24.3 Å². The summed E-state index contributed by atoms with van der Waals surface area (Å²) in [5.74, 6) is 0. The summed E-state index contributed by atoms with van der Waals surface area (Å²) in [7, 11) is 0. The summed E-state index contributed by atoms with van der Waals surface area (Å²) < 4.78 is 0. The Morgan fingerprint density at radius 2 is 1.57 bits per heavy atom. The standard InChI is InChI=1S/C16H10N7/c1-2-6-17-12(5-1)16-15(19-8-9-20-16)11-4-3-7-18-14(11)13-10-21-23-22-13/h1-9H,(H,21,22,23). The minimum Gasteiger partial charge on any atom is -0.255 e. The van der Waals surface area contributed by atoms with Crippen LogP contribution >= 0.6 is 0 Å². The molecule has 4 aromatic heterocycles. The van der Waals surface area contributed by atoms with Crippen LogP contribution in [0.3, 0.4) is 0 Å². The van der Waals surface area contributed by atoms with E-state index >= 15 is 0 Å². The zero-order valence-electron chi connectivity index (χ0n) is 11.9. The molecule has 7 heteroatoms. The molecule has 0 saturated carbocycles. The molecule has 109 valence electrons. The molecule has 0 aliphatic carbocycles. The number of pyridine rings is 2. The van der Waals surface area contributed by atoms with E-state index in [2.05, 4.69) is 41.5 Å². The van der Waals surface area contributed by atoms with Gasteiger partial charge in [-0.1, -0.05) is 11.3 Å². The van der Waals surface area contributed by atoms with E-state index in [0.717, 1.165) is 11.3 Å². The average molecular weight is 300 g/mol. The van der Waals surface area contributed by atoms with Gasteiger partial charge in [0, 0.05) is 30.4 Å². The van der Waals surface area contributed by atoms with Crippen molar-refractivity contribution in [3.8, 4) is 34.0 Å². The summed E-state index contributed by atoms with van der Waals surface area (Å²) >= 11 is 0. The van der Waals surface area contributed by atoms with Gasteiger partial charge in [-0.3, -0.25) is 25.0 Å². The summed E-state index contributed by atoms with van der Waals surface area (Å²) in [5.41, 5.74) is 4.20. The summed E-state index contributed by atoms with van der Waals surface area (Å²) in [6.45, 7) is 0. The maximum Gasteiger partial charge on any atom is 0.145 e. The molecule has 0 spiro atoms. The number of aromatic amines is 1. The molecule has 0 aromatic carbocycles. The lowest BCUT2D eigenvalue weighted by Crippen LogP contribution is -1.97. The second-order valence-electron chi connectivity index (χ2n) is 4.67. The van der Waals surface area contributed by atoms with Crippen molar-refractivity contribution in [2.24, 2.45) is 0 Å². The number of aromatic nitrogens is 7. The van der Waals surface area contributed by atoms with Gasteiger partial charge >= 0.3 is 0 Å². The van der Waals surface area contributed by atoms with E-state index in [0.29, 0.717) is 22.8 Å². The molecule has 1 N–H and O–H groups in total. The van der Waals surface area contributed by atoms with Gasteiger partial charge in [0.15, 0.2) is 0 Å². The first kappa shape index (κ1) is 13.2. The summed E-state index contributed by atoms with van der Waals surface area (Å²) in [6, 6.07) is 9.44. The molecule has 0 aliphatic rings. The minimum absolute atomic E-state index is 0.596. The molecule has 0 fully saturated rings. The Balaban J connectivity index is 1.94. The van der Waals surface area contributed by atoms with E-state index in [4.69, 9.17) is 0 Å². The van der Waals surface area contributed by atoms with Crippen LogP contribution in [0.5, 0.6) is 0 Å². The Labute approximate surface area is 131 Å². The summed E-state index contributed by atoms with van der Waals surface area (Å²) in [5, 5.41) is 10.2. The first-order chi connectivity index (χ1) is 11.4. The number of H-pyrrole nitrogens is 1. The number of hydrogen-bond donors (Lipinski definition) is 1. The van der Waals surface area contributed by atoms with Crippen molar-refractivity contribution in [3.63, 3.8) is 0 Å². The predicted molar refractivity (Wildman–Crippen MR) is 82.7 cm³/mol. The van der Waals surface area contributed by atoms with Crippen LogP contribution in [-0.4, -0.2) is 35.3 Å². The molecule has 0 saturated heterocycles. The highest BCUT2D eigenvalue weighted by Crippen LogP contribution is 2.32. The minimum atomic E-state index is 0.596. The number of hydrogen-bond acceptors (Lipinski definition) is 6. The fourth-order valence-electron chi connectivity index (χ4n) is 2.30. The van der Waals surface area contributed by atoms with Crippen molar-refractivity contribution < 1.29 is 0 Å². The molecule has 7 nitrogen and oxygen atoms in total. The van der Waals surface area contributed by atoms with Gasteiger partial charge in [0.25, 0.3) is 0 Å². The number of nitrogens with one attached hydrogen (secondary N) is 1. The Kier molecular flexibility index (Phi) is 3.28. The van der Waals surface area contributed by atoms with E-state index in [9.17, 15) is 0 Å². The zero-order valence-corrected chi connectivity index (χ0v) is 11.9. The Morgan fingerprint density at radius 3 is 2.35 bits per heavy atom. The highest BCUT2D eigenvalue weighted by molar-refractivity contribution is 5.83. The molecule has 1 radical (unpaired) electrons. The molecule has 23 heavy (non-hydrogen) atoms. The fourth-order valence-corrected chi connectivity index (χ4v) is 2.30. The first-order valence-corrected chi connectivity index (χ1v) is 6.90. The third kappa shape index (κ3) is 2.44. The van der Waals surface area contributed by atoms with E-state index in [1.165, 1.54) is 0 Å². The third-order valence-corrected chi connectivity index (χ3v) is 3.28. The van der Waals surface area contributed by atoms with Crippen LogP contribution in [0.4, 0.5) is 0 Å². The van der Waals surface area contributed by atoms with Gasteiger partial charge in [0.2, 0.25) is 0 Å². The van der Waals surface area contributed by atoms with Crippen molar-refractivity contribution in [2.45, 2.75) is 0 Å². The third-order valence-electron chi connectivity index (χ3n) is 3.28. The first-order valence-electron chi connectivity index (χ1n) is 6.90. The van der Waals surface area contributed by atoms with Crippen molar-refractivity contribution in [2.75, 3.05) is 0 Å². The molecule has 4 aromatic rings. The molecule has 4 heterocycles. The van der Waals surface area contributed by atoms with Crippen LogP contribution < -0.4 is 0 Å². The van der Waals surface area contributed by atoms with E-state index in [1.807, 2.05) is 30.3 Å². The molecule has 0 atom stereocenters. The molecular weight excluding hydrogens is 290 g/mol. The molecular formula is C16H10N7. The zero-order chi connectivity index (χ0) is 15.5. The highest BCUT2D eigenvalue weighted by Gasteiger charge is 2.17. The lowest BCUT2D eigenvalue weighted by molar-refractivity contribution is 0.939. The lowest BCUT2D eigenvalue weighted by Gasteiger charge is -2.09. The summed E-state index contributed by atoms with van der Waals surface area (Å²) in [4.78, 5) is 17.7. The SMILES string of the molecule is [c]1nn[nH]c1-c1ncccc1-c1nccnc1-c1ccccn1. The van der Waals surface area contributed by atoms with Crippen LogP contribution in [0.1, 0.15) is 0 Å². The average Bonchev–Trinajstić information content (AvgIpc) is 3.17. The van der Waals surface area contributed by atoms with Gasteiger partial charge in [0.05, 0.1) is 11.4 Å². The van der Waals surface area contributed by atoms with E-state index < -0.39 is 0 Å². The van der Waals surface area contributed by atoms with Crippen LogP contribution in [0.25, 0.3) is 34.0 Å². The second kappa shape index (κ2) is 5.72. The van der Waals surface area contributed by atoms with Crippen molar-refractivity contribution in [3.05, 3.63) is 61.3 Å². The number of rotatable bonds is 3. The molecule has 0 unspecified atom stereocenters. The van der Waals surface area contributed by atoms with Crippen molar-refractivity contribution >= 4 is 0 Å². The summed E-state index contributed by atoms with van der Waals surface area (Å²) in [6.07, 6.45) is 9.50. The molecule has 0 bridgehead atoms. The van der Waals surface area contributed by atoms with Gasteiger partial charge < -0.3 is 0 Å². The highest BCUT2D eigenvalue weighted by atomic mass is 15.3. The quantitative estimate of drug-likeness (QED) is 0.623. The Morgan fingerprint density at radius 1 is 0.739 bits per heavy atom. The Bertz CT molecular complexity index is 920. The number of nitrogens with zero attached hydrogens (tertiary/aromatic N) is 6. The van der Waals surface area contributed by atoms with Crippen LogP contribution in [0.2, 0.25) is 0 Å². The maximum absolute atomic E-state index is 4.48.